The Bertz CT molecular complexity index is 331. The molecule has 0 aromatic carbocycles. The fourth-order valence-electron chi connectivity index (χ4n) is 1.17. The van der Waals surface area contributed by atoms with Gasteiger partial charge in [0.05, 0.1) is 25.2 Å². The molecule has 1 atom stereocenters. The first-order chi connectivity index (χ1) is 7.52. The number of rotatable bonds is 7. The van der Waals surface area contributed by atoms with Gasteiger partial charge in [0.15, 0.2) is 0 Å². The topological polar surface area (TPSA) is 128 Å². The minimum Gasteiger partial charge on any atom is -0.550 e. The van der Waals surface area contributed by atoms with Crippen LogP contribution in [0.2, 0.25) is 0 Å². The van der Waals surface area contributed by atoms with E-state index >= 15 is 0 Å². The number of nitrogens with zero attached hydrogens (tertiary/aromatic N) is 3. The van der Waals surface area contributed by atoms with Gasteiger partial charge in [0.25, 0.3) is 0 Å². The molecule has 0 aliphatic carbocycles. The third kappa shape index (κ3) is 7.72. The van der Waals surface area contributed by atoms with E-state index in [-0.39, 0.29) is 49.1 Å². The van der Waals surface area contributed by atoms with E-state index in [1.165, 1.54) is 0 Å². The molecular formula is C9H10N3NaO4. The van der Waals surface area contributed by atoms with Gasteiger partial charge < -0.3 is 15.0 Å². The number of aliphatic carboxylic acids is 2. The van der Waals surface area contributed by atoms with Crippen molar-refractivity contribution in [3.63, 3.8) is 0 Å². The molecule has 0 saturated heterocycles. The van der Waals surface area contributed by atoms with Crippen LogP contribution in [0, 0.1) is 22.7 Å². The normalized spacial score (nSPS) is 10.8. The van der Waals surface area contributed by atoms with Crippen molar-refractivity contribution in [3.05, 3.63) is 0 Å². The zero-order valence-electron chi connectivity index (χ0n) is 9.42. The molecule has 0 aliphatic heterocycles. The predicted molar refractivity (Wildman–Crippen MR) is 48.5 cm³/mol. The number of carboxylic acids is 2. The molecule has 1 N–H and O–H groups in total. The van der Waals surface area contributed by atoms with Crippen molar-refractivity contribution in [3.8, 4) is 12.1 Å². The van der Waals surface area contributed by atoms with Crippen LogP contribution in [-0.2, 0) is 9.59 Å². The largest absolute Gasteiger partial charge is 1.00 e. The second-order valence-electron chi connectivity index (χ2n) is 2.99. The zero-order chi connectivity index (χ0) is 12.6. The van der Waals surface area contributed by atoms with Crippen LogP contribution in [0.15, 0.2) is 0 Å². The van der Waals surface area contributed by atoms with Gasteiger partial charge in [0.2, 0.25) is 0 Å². The third-order valence-electron chi connectivity index (χ3n) is 1.90. The average Bonchev–Trinajstić information content (AvgIpc) is 2.17. The minimum absolute atomic E-state index is 0. The van der Waals surface area contributed by atoms with Crippen molar-refractivity contribution >= 4 is 11.9 Å². The molecule has 0 heterocycles. The molecule has 0 aromatic heterocycles. The molecule has 0 spiro atoms. The third-order valence-corrected chi connectivity index (χ3v) is 1.90. The van der Waals surface area contributed by atoms with Crippen molar-refractivity contribution in [2.75, 3.05) is 13.1 Å². The Balaban J connectivity index is 0. The van der Waals surface area contributed by atoms with Crippen LogP contribution < -0.4 is 34.7 Å². The van der Waals surface area contributed by atoms with E-state index < -0.39 is 24.4 Å². The van der Waals surface area contributed by atoms with Crippen LogP contribution in [0.25, 0.3) is 0 Å². The van der Waals surface area contributed by atoms with Gasteiger partial charge in [-0.1, -0.05) is 0 Å². The van der Waals surface area contributed by atoms with Gasteiger partial charge >= 0.3 is 35.5 Å². The maximum Gasteiger partial charge on any atom is 1.00 e. The molecule has 0 bridgehead atoms. The number of nitriles is 2. The van der Waals surface area contributed by atoms with Gasteiger partial charge in [-0.25, -0.2) is 0 Å². The van der Waals surface area contributed by atoms with Crippen molar-refractivity contribution in [2.24, 2.45) is 0 Å². The Labute approximate surface area is 121 Å². The summed E-state index contributed by atoms with van der Waals surface area (Å²) < 4.78 is 0. The fraction of sp³-hybridized carbons (Fsp3) is 0.556. The van der Waals surface area contributed by atoms with Gasteiger partial charge in [0, 0.05) is 5.97 Å². The molecule has 0 rings (SSSR count). The van der Waals surface area contributed by atoms with E-state index in [0.717, 1.165) is 4.90 Å². The second kappa shape index (κ2) is 10.1. The van der Waals surface area contributed by atoms with Gasteiger partial charge in [0.1, 0.15) is 6.04 Å². The first kappa shape index (κ1) is 18.3. The maximum absolute atomic E-state index is 10.8. The Morgan fingerprint density at radius 3 is 2.06 bits per heavy atom. The van der Waals surface area contributed by atoms with Crippen LogP contribution in [0.5, 0.6) is 0 Å². The van der Waals surface area contributed by atoms with Gasteiger partial charge in [-0.05, 0) is 12.8 Å². The minimum atomic E-state index is -1.36. The van der Waals surface area contributed by atoms with Crippen LogP contribution in [-0.4, -0.2) is 41.1 Å². The van der Waals surface area contributed by atoms with Gasteiger partial charge in [-0.3, -0.25) is 9.69 Å². The molecule has 0 aliphatic rings. The molecule has 0 saturated carbocycles. The monoisotopic (exact) mass is 247 g/mol. The maximum atomic E-state index is 10.8. The van der Waals surface area contributed by atoms with E-state index in [2.05, 4.69) is 0 Å². The van der Waals surface area contributed by atoms with Crippen molar-refractivity contribution < 1.29 is 49.4 Å². The molecule has 0 fully saturated rings. The Hall–Kier alpha value is -1.12. The molecular weight excluding hydrogens is 237 g/mol. The molecule has 0 aromatic rings. The van der Waals surface area contributed by atoms with E-state index in [1.807, 2.05) is 0 Å². The number of hydrogen-bond donors (Lipinski definition) is 1. The summed E-state index contributed by atoms with van der Waals surface area (Å²) in [6.45, 7) is -0.477. The number of carbonyl (C=O) groups excluding carboxylic acids is 1. The quantitative estimate of drug-likeness (QED) is 0.353. The fourth-order valence-corrected chi connectivity index (χ4v) is 1.17. The van der Waals surface area contributed by atoms with Crippen LogP contribution in [0.1, 0.15) is 12.8 Å². The Kier molecular flexibility index (Phi) is 10.8. The van der Waals surface area contributed by atoms with Gasteiger partial charge in [-0.2, -0.15) is 10.5 Å². The Morgan fingerprint density at radius 2 is 1.76 bits per heavy atom. The number of carboxylic acid groups (broad SMARTS) is 2. The summed E-state index contributed by atoms with van der Waals surface area (Å²) in [4.78, 5) is 22.1. The van der Waals surface area contributed by atoms with E-state index in [0.29, 0.717) is 0 Å². The average molecular weight is 247 g/mol. The summed E-state index contributed by atoms with van der Waals surface area (Å²) in [6.07, 6.45) is -0.620. The van der Waals surface area contributed by atoms with E-state index in [1.54, 1.807) is 12.1 Å². The molecule has 1 unspecified atom stereocenters. The standard InChI is InChI=1S/C9H11N3O4.Na/c10-3-5-12(6-4-11)7(9(15)16)1-2-8(13)14;/h7H,1-2,5-6H2,(H,13,14)(H,15,16);/q;+1/p-1. The van der Waals surface area contributed by atoms with Gasteiger partial charge in [-0.15, -0.1) is 0 Å². The molecule has 8 heteroatoms. The molecule has 86 valence electrons. The second-order valence-corrected chi connectivity index (χ2v) is 2.99. The smallest absolute Gasteiger partial charge is 0.550 e. The summed E-state index contributed by atoms with van der Waals surface area (Å²) in [6, 6.07) is 2.29. The summed E-state index contributed by atoms with van der Waals surface area (Å²) in [5.74, 6) is -2.62. The number of hydrogen-bond acceptors (Lipinski definition) is 6. The first-order valence-electron chi connectivity index (χ1n) is 4.43. The van der Waals surface area contributed by atoms with Crippen molar-refractivity contribution in [1.82, 2.24) is 4.90 Å². The van der Waals surface area contributed by atoms with E-state index in [4.69, 9.17) is 15.6 Å². The summed E-state index contributed by atoms with van der Waals surface area (Å²) in [7, 11) is 0. The van der Waals surface area contributed by atoms with Crippen LogP contribution in [0.4, 0.5) is 0 Å². The Morgan fingerprint density at radius 1 is 1.29 bits per heavy atom. The summed E-state index contributed by atoms with van der Waals surface area (Å²) in [5.41, 5.74) is 0. The summed E-state index contributed by atoms with van der Waals surface area (Å²) >= 11 is 0. The zero-order valence-corrected chi connectivity index (χ0v) is 11.4. The molecule has 0 radical (unpaired) electrons. The van der Waals surface area contributed by atoms with Crippen molar-refractivity contribution in [2.45, 2.75) is 18.9 Å². The SMILES string of the molecule is N#CCN(CC#N)C(CCC(=O)[O-])C(=O)O.[Na+]. The molecule has 17 heavy (non-hydrogen) atoms. The van der Waals surface area contributed by atoms with Crippen LogP contribution >= 0.6 is 0 Å². The molecule has 7 nitrogen and oxygen atoms in total. The first-order valence-corrected chi connectivity index (χ1v) is 4.43. The predicted octanol–water partition coefficient (Wildman–Crippen LogP) is -4.68. The van der Waals surface area contributed by atoms with Crippen molar-refractivity contribution in [1.29, 1.82) is 10.5 Å². The summed E-state index contributed by atoms with van der Waals surface area (Å²) in [5, 5.41) is 35.9. The number of carbonyl (C=O) groups is 2. The van der Waals surface area contributed by atoms with E-state index in [9.17, 15) is 14.7 Å². The molecule has 0 amide bonds. The van der Waals surface area contributed by atoms with Crippen LogP contribution in [0.3, 0.4) is 0 Å².